The van der Waals surface area contributed by atoms with E-state index in [4.69, 9.17) is 9.47 Å². The number of sulfonamides is 1. The zero-order chi connectivity index (χ0) is 18.7. The monoisotopic (exact) mass is 380 g/mol. The Bertz CT molecular complexity index is 933. The molecule has 0 bridgehead atoms. The summed E-state index contributed by atoms with van der Waals surface area (Å²) in [5.74, 6) is -1.20. The Labute approximate surface area is 150 Å². The maximum atomic E-state index is 13.2. The van der Waals surface area contributed by atoms with Crippen LogP contribution >= 0.6 is 0 Å². The van der Waals surface area contributed by atoms with Crippen LogP contribution < -0.4 is 19.5 Å². The van der Waals surface area contributed by atoms with Gasteiger partial charge in [-0.2, -0.15) is 0 Å². The molecule has 1 unspecified atom stereocenters. The minimum Gasteiger partial charge on any atom is -0.454 e. The average molecular weight is 380 g/mol. The van der Waals surface area contributed by atoms with Gasteiger partial charge in [0.25, 0.3) is 0 Å². The molecule has 0 spiro atoms. The molecule has 1 aliphatic rings. The molecule has 7 nitrogen and oxygen atoms in total. The molecule has 1 atom stereocenters. The zero-order valence-electron chi connectivity index (χ0n) is 13.9. The number of nitrogens with one attached hydrogen (secondary N) is 2. The highest BCUT2D eigenvalue weighted by atomic mass is 32.2. The molecule has 2 N–H and O–H groups in total. The Hall–Kier alpha value is -2.81. The van der Waals surface area contributed by atoms with Crippen molar-refractivity contribution in [2.75, 3.05) is 22.6 Å². The second-order valence-corrected chi connectivity index (χ2v) is 7.62. The molecule has 0 aromatic heterocycles. The van der Waals surface area contributed by atoms with Gasteiger partial charge in [0.15, 0.2) is 11.5 Å². The first-order valence-electron chi connectivity index (χ1n) is 7.79. The van der Waals surface area contributed by atoms with Gasteiger partial charge in [0.05, 0.1) is 17.4 Å². The molecule has 9 heteroatoms. The highest BCUT2D eigenvalue weighted by Crippen LogP contribution is 2.34. The van der Waals surface area contributed by atoms with Gasteiger partial charge in [0.2, 0.25) is 22.7 Å². The smallest absolute Gasteiger partial charge is 0.233 e. The number of anilines is 2. The number of amides is 1. The lowest BCUT2D eigenvalue weighted by atomic mass is 10.2. The first kappa shape index (κ1) is 18.0. The Morgan fingerprint density at radius 2 is 1.92 bits per heavy atom. The summed E-state index contributed by atoms with van der Waals surface area (Å²) in [5, 5.41) is 2.64. The van der Waals surface area contributed by atoms with E-state index in [1.165, 1.54) is 25.1 Å². The summed E-state index contributed by atoms with van der Waals surface area (Å²) in [7, 11) is -3.82. The Morgan fingerprint density at radius 3 is 2.69 bits per heavy atom. The lowest BCUT2D eigenvalue weighted by molar-refractivity contribution is -0.118. The number of fused-ring (bicyclic) bond motifs is 1. The minimum absolute atomic E-state index is 0.105. The van der Waals surface area contributed by atoms with Crippen molar-refractivity contribution < 1.29 is 27.1 Å². The second-order valence-electron chi connectivity index (χ2n) is 5.85. The molecule has 0 fully saturated rings. The van der Waals surface area contributed by atoms with E-state index in [2.05, 4.69) is 10.0 Å². The third-order valence-corrected chi connectivity index (χ3v) is 5.14. The summed E-state index contributed by atoms with van der Waals surface area (Å²) in [6, 6.07) is 9.99. The third-order valence-electron chi connectivity index (χ3n) is 3.66. The Kier molecular flexibility index (Phi) is 4.99. The lowest BCUT2D eigenvalue weighted by Gasteiger charge is -2.14. The van der Waals surface area contributed by atoms with Crippen LogP contribution in [0.25, 0.3) is 0 Å². The maximum absolute atomic E-state index is 13.2. The molecule has 1 amide bonds. The highest BCUT2D eigenvalue weighted by Gasteiger charge is 2.22. The summed E-state index contributed by atoms with van der Waals surface area (Å²) in [4.78, 5) is 12.3. The minimum atomic E-state index is -3.82. The molecule has 0 saturated heterocycles. The van der Waals surface area contributed by atoms with Gasteiger partial charge in [-0.15, -0.1) is 0 Å². The van der Waals surface area contributed by atoms with Crippen molar-refractivity contribution in [1.29, 1.82) is 0 Å². The van der Waals surface area contributed by atoms with Gasteiger partial charge < -0.3 is 14.8 Å². The molecule has 2 aromatic rings. The molecule has 138 valence electrons. The first-order valence-corrected chi connectivity index (χ1v) is 9.44. The zero-order valence-corrected chi connectivity index (χ0v) is 14.7. The van der Waals surface area contributed by atoms with E-state index in [0.717, 1.165) is 6.07 Å². The number of carbonyl (C=O) groups is 1. The highest BCUT2D eigenvalue weighted by molar-refractivity contribution is 7.92. The molecular formula is C17H17FN2O5S. The van der Waals surface area contributed by atoms with Crippen LogP contribution in [0.4, 0.5) is 15.8 Å². The van der Waals surface area contributed by atoms with Crippen LogP contribution in [0.1, 0.15) is 6.92 Å². The van der Waals surface area contributed by atoms with Gasteiger partial charge in [0, 0.05) is 11.8 Å². The van der Waals surface area contributed by atoms with Gasteiger partial charge in [-0.05, 0) is 30.3 Å². The quantitative estimate of drug-likeness (QED) is 0.803. The van der Waals surface area contributed by atoms with Gasteiger partial charge in [-0.25, -0.2) is 12.8 Å². The van der Waals surface area contributed by atoms with Crippen molar-refractivity contribution in [3.63, 3.8) is 0 Å². The fourth-order valence-corrected chi connectivity index (χ4v) is 3.80. The number of rotatable bonds is 6. The van der Waals surface area contributed by atoms with E-state index < -0.39 is 33.4 Å². The number of hydrogen-bond acceptors (Lipinski definition) is 5. The van der Waals surface area contributed by atoms with Crippen molar-refractivity contribution in [2.24, 2.45) is 5.92 Å². The molecule has 26 heavy (non-hydrogen) atoms. The first-order chi connectivity index (χ1) is 12.3. The fraction of sp³-hybridized carbons (Fsp3) is 0.235. The molecular weight excluding hydrogens is 363 g/mol. The predicted molar refractivity (Wildman–Crippen MR) is 94.2 cm³/mol. The lowest BCUT2D eigenvalue weighted by Crippen LogP contribution is -2.29. The summed E-state index contributed by atoms with van der Waals surface area (Å²) >= 11 is 0. The van der Waals surface area contributed by atoms with Crippen LogP contribution in [-0.4, -0.2) is 26.9 Å². The molecule has 1 aliphatic heterocycles. The summed E-state index contributed by atoms with van der Waals surface area (Å²) < 4.78 is 50.2. The standard InChI is InChI=1S/C17H17FN2O5S/c1-11(9-26(22,23)20-14-4-2-3-12(18)7-14)17(21)19-13-5-6-15-16(8-13)25-10-24-15/h2-8,11,20H,9-10H2,1H3,(H,19,21). The molecule has 0 aliphatic carbocycles. The average Bonchev–Trinajstić information content (AvgIpc) is 3.01. The molecule has 1 heterocycles. The van der Waals surface area contributed by atoms with Crippen molar-refractivity contribution in [3.8, 4) is 11.5 Å². The molecule has 3 rings (SSSR count). The SMILES string of the molecule is CC(CS(=O)(=O)Nc1cccc(F)c1)C(=O)Nc1ccc2c(c1)OCO2. The van der Waals surface area contributed by atoms with Crippen molar-refractivity contribution in [1.82, 2.24) is 0 Å². The fourth-order valence-electron chi connectivity index (χ4n) is 2.42. The summed E-state index contributed by atoms with van der Waals surface area (Å²) in [6.45, 7) is 1.61. The number of halogens is 1. The summed E-state index contributed by atoms with van der Waals surface area (Å²) in [6.07, 6.45) is 0. The molecule has 2 aromatic carbocycles. The predicted octanol–water partition coefficient (Wildman–Crippen LogP) is 2.57. The number of hydrogen-bond donors (Lipinski definition) is 2. The van der Waals surface area contributed by atoms with Crippen molar-refractivity contribution in [3.05, 3.63) is 48.3 Å². The molecule has 0 radical (unpaired) electrons. The van der Waals surface area contributed by atoms with Crippen LogP contribution in [0.15, 0.2) is 42.5 Å². The van der Waals surface area contributed by atoms with Gasteiger partial charge in [-0.1, -0.05) is 13.0 Å². The van der Waals surface area contributed by atoms with E-state index in [0.29, 0.717) is 17.2 Å². The van der Waals surface area contributed by atoms with E-state index >= 15 is 0 Å². The number of carbonyl (C=O) groups excluding carboxylic acids is 1. The van der Waals surface area contributed by atoms with Gasteiger partial charge >= 0.3 is 0 Å². The van der Waals surface area contributed by atoms with Gasteiger partial charge in [0.1, 0.15) is 5.82 Å². The normalized spacial score (nSPS) is 13.9. The van der Waals surface area contributed by atoms with Gasteiger partial charge in [-0.3, -0.25) is 9.52 Å². The Morgan fingerprint density at radius 1 is 1.15 bits per heavy atom. The van der Waals surface area contributed by atoms with E-state index in [1.807, 2.05) is 0 Å². The second kappa shape index (κ2) is 7.20. The number of benzene rings is 2. The van der Waals surface area contributed by atoms with Crippen molar-refractivity contribution in [2.45, 2.75) is 6.92 Å². The molecule has 0 saturated carbocycles. The largest absolute Gasteiger partial charge is 0.454 e. The topological polar surface area (TPSA) is 93.7 Å². The van der Waals surface area contributed by atoms with Crippen LogP contribution in [0.5, 0.6) is 11.5 Å². The van der Waals surface area contributed by atoms with Crippen LogP contribution in [0.3, 0.4) is 0 Å². The van der Waals surface area contributed by atoms with Crippen LogP contribution in [-0.2, 0) is 14.8 Å². The number of ether oxygens (including phenoxy) is 2. The van der Waals surface area contributed by atoms with E-state index in [1.54, 1.807) is 18.2 Å². The van der Waals surface area contributed by atoms with E-state index in [-0.39, 0.29) is 12.5 Å². The third kappa shape index (κ3) is 4.42. The summed E-state index contributed by atoms with van der Waals surface area (Å²) in [5.41, 5.74) is 0.579. The van der Waals surface area contributed by atoms with E-state index in [9.17, 15) is 17.6 Å². The Balaban J connectivity index is 1.61. The van der Waals surface area contributed by atoms with Crippen molar-refractivity contribution >= 4 is 27.3 Å². The van der Waals surface area contributed by atoms with Crippen LogP contribution in [0.2, 0.25) is 0 Å². The maximum Gasteiger partial charge on any atom is 0.233 e. The van der Waals surface area contributed by atoms with Crippen LogP contribution in [0, 0.1) is 11.7 Å².